The van der Waals surface area contributed by atoms with Gasteiger partial charge < -0.3 is 5.11 Å². The molecule has 2 nitrogen and oxygen atoms in total. The van der Waals surface area contributed by atoms with Crippen molar-refractivity contribution in [3.63, 3.8) is 0 Å². The molecule has 0 aliphatic carbocycles. The summed E-state index contributed by atoms with van der Waals surface area (Å²) in [6, 6.07) is 6.92. The van der Waals surface area contributed by atoms with Crippen LogP contribution in [0.4, 0.5) is 0 Å². The Hall–Kier alpha value is -0.960. The Morgan fingerprint density at radius 3 is 2.83 bits per heavy atom. The van der Waals surface area contributed by atoms with E-state index in [1.165, 1.54) is 0 Å². The van der Waals surface area contributed by atoms with E-state index in [0.29, 0.717) is 5.56 Å². The van der Waals surface area contributed by atoms with Crippen LogP contribution < -0.4 is 0 Å². The number of hydrogen-bond acceptors (Lipinski definition) is 2. The number of carbonyl (C=O) groups is 1. The van der Waals surface area contributed by atoms with Crippen LogP contribution in [0, 0.1) is 0 Å². The maximum atomic E-state index is 10.5. The van der Waals surface area contributed by atoms with Gasteiger partial charge in [0, 0.05) is 0 Å². The molecule has 0 saturated carbocycles. The lowest BCUT2D eigenvalue weighted by atomic mass is 10.1. The summed E-state index contributed by atoms with van der Waals surface area (Å²) >= 11 is 4.07. The van der Waals surface area contributed by atoms with Gasteiger partial charge in [-0.15, -0.1) is 0 Å². The molecule has 64 valence electrons. The average Bonchev–Trinajstić information content (AvgIpc) is 2.05. The third-order valence-electron chi connectivity index (χ3n) is 1.57. The van der Waals surface area contributed by atoms with E-state index in [4.69, 9.17) is 5.11 Å². The monoisotopic (exact) mass is 182 g/mol. The lowest BCUT2D eigenvalue weighted by Gasteiger charge is -1.98. The zero-order chi connectivity index (χ0) is 8.97. The van der Waals surface area contributed by atoms with Gasteiger partial charge in [-0.25, -0.2) is 4.79 Å². The summed E-state index contributed by atoms with van der Waals surface area (Å²) in [4.78, 5) is 10.5. The Bertz CT molecular complexity index is 284. The van der Waals surface area contributed by atoms with Gasteiger partial charge in [0.05, 0.1) is 5.56 Å². The van der Waals surface area contributed by atoms with Gasteiger partial charge in [0.15, 0.2) is 0 Å². The average molecular weight is 182 g/mol. The summed E-state index contributed by atoms with van der Waals surface area (Å²) in [6.07, 6.45) is 0.810. The molecule has 0 aromatic heterocycles. The van der Waals surface area contributed by atoms with Crippen molar-refractivity contribution in [1.29, 1.82) is 0 Å². The van der Waals surface area contributed by atoms with Crippen molar-refractivity contribution in [1.82, 2.24) is 0 Å². The molecule has 0 atom stereocenters. The first-order chi connectivity index (χ1) is 5.74. The summed E-state index contributed by atoms with van der Waals surface area (Å²) in [5.74, 6) is -0.140. The van der Waals surface area contributed by atoms with Gasteiger partial charge in [-0.1, -0.05) is 12.1 Å². The lowest BCUT2D eigenvalue weighted by Crippen LogP contribution is -1.97. The minimum absolute atomic E-state index is 0.342. The van der Waals surface area contributed by atoms with E-state index in [1.54, 1.807) is 18.2 Å². The highest BCUT2D eigenvalue weighted by Crippen LogP contribution is 2.06. The van der Waals surface area contributed by atoms with E-state index in [2.05, 4.69) is 12.6 Å². The predicted molar refractivity (Wildman–Crippen MR) is 51.0 cm³/mol. The van der Waals surface area contributed by atoms with Gasteiger partial charge in [0.25, 0.3) is 0 Å². The highest BCUT2D eigenvalue weighted by molar-refractivity contribution is 7.80. The fraction of sp³-hybridized carbons (Fsp3) is 0.222. The third kappa shape index (κ3) is 2.27. The lowest BCUT2D eigenvalue weighted by molar-refractivity contribution is 0.0697. The molecule has 12 heavy (non-hydrogen) atoms. The zero-order valence-electron chi connectivity index (χ0n) is 6.53. The Balaban J connectivity index is 2.88. The van der Waals surface area contributed by atoms with E-state index >= 15 is 0 Å². The van der Waals surface area contributed by atoms with Crippen LogP contribution in [0.1, 0.15) is 15.9 Å². The van der Waals surface area contributed by atoms with Crippen molar-refractivity contribution in [2.75, 3.05) is 5.75 Å². The largest absolute Gasteiger partial charge is 0.478 e. The molecule has 0 aliphatic heterocycles. The van der Waals surface area contributed by atoms with E-state index in [0.717, 1.165) is 17.7 Å². The first-order valence-corrected chi connectivity index (χ1v) is 4.30. The minimum atomic E-state index is -0.879. The van der Waals surface area contributed by atoms with Crippen molar-refractivity contribution in [3.05, 3.63) is 35.4 Å². The molecule has 0 spiro atoms. The maximum absolute atomic E-state index is 10.5. The van der Waals surface area contributed by atoms with E-state index < -0.39 is 5.97 Å². The fourth-order valence-corrected chi connectivity index (χ4v) is 1.25. The van der Waals surface area contributed by atoms with Crippen molar-refractivity contribution >= 4 is 18.6 Å². The molecule has 1 rings (SSSR count). The van der Waals surface area contributed by atoms with Gasteiger partial charge in [-0.2, -0.15) is 12.6 Å². The second kappa shape index (κ2) is 4.16. The maximum Gasteiger partial charge on any atom is 0.335 e. The number of thiol groups is 1. The number of rotatable bonds is 3. The summed E-state index contributed by atoms with van der Waals surface area (Å²) < 4.78 is 0. The molecule has 3 heteroatoms. The zero-order valence-corrected chi connectivity index (χ0v) is 7.42. The minimum Gasteiger partial charge on any atom is -0.478 e. The fourth-order valence-electron chi connectivity index (χ4n) is 0.989. The first-order valence-electron chi connectivity index (χ1n) is 3.67. The van der Waals surface area contributed by atoms with Gasteiger partial charge in [0.1, 0.15) is 0 Å². The molecule has 0 saturated heterocycles. The number of aryl methyl sites for hydroxylation is 1. The topological polar surface area (TPSA) is 37.3 Å². The van der Waals surface area contributed by atoms with Crippen molar-refractivity contribution in [3.8, 4) is 0 Å². The summed E-state index contributed by atoms with van der Waals surface area (Å²) in [5, 5.41) is 8.66. The Kier molecular flexibility index (Phi) is 3.17. The van der Waals surface area contributed by atoms with Crippen LogP contribution in [0.25, 0.3) is 0 Å². The molecule has 1 aromatic carbocycles. The molecule has 1 aromatic rings. The number of carboxylic acids is 1. The van der Waals surface area contributed by atoms with Crippen LogP contribution in [0.2, 0.25) is 0 Å². The van der Waals surface area contributed by atoms with Crippen LogP contribution in [-0.2, 0) is 6.42 Å². The van der Waals surface area contributed by atoms with Gasteiger partial charge in [-0.05, 0) is 29.9 Å². The molecule has 0 unspecified atom stereocenters. The van der Waals surface area contributed by atoms with Crippen LogP contribution in [-0.4, -0.2) is 16.8 Å². The van der Waals surface area contributed by atoms with Gasteiger partial charge in [-0.3, -0.25) is 0 Å². The van der Waals surface area contributed by atoms with Crippen molar-refractivity contribution in [2.45, 2.75) is 6.42 Å². The van der Waals surface area contributed by atoms with Crippen LogP contribution in [0.15, 0.2) is 24.3 Å². The highest BCUT2D eigenvalue weighted by atomic mass is 32.1. The Morgan fingerprint density at radius 2 is 2.25 bits per heavy atom. The third-order valence-corrected chi connectivity index (χ3v) is 1.80. The number of aromatic carboxylic acids is 1. The summed E-state index contributed by atoms with van der Waals surface area (Å²) in [7, 11) is 0. The molecular weight excluding hydrogens is 172 g/mol. The van der Waals surface area contributed by atoms with Crippen molar-refractivity contribution < 1.29 is 9.90 Å². The predicted octanol–water partition coefficient (Wildman–Crippen LogP) is 1.86. The Morgan fingerprint density at radius 1 is 1.50 bits per heavy atom. The van der Waals surface area contributed by atoms with Crippen molar-refractivity contribution in [2.24, 2.45) is 0 Å². The Labute approximate surface area is 76.6 Å². The van der Waals surface area contributed by atoms with E-state index in [-0.39, 0.29) is 0 Å². The SMILES string of the molecule is O=C(O)c1cccc(CCS)c1. The van der Waals surface area contributed by atoms with Crippen LogP contribution in [0.5, 0.6) is 0 Å². The van der Waals surface area contributed by atoms with Crippen LogP contribution in [0.3, 0.4) is 0 Å². The molecular formula is C9H10O2S. The second-order valence-electron chi connectivity index (χ2n) is 2.48. The molecule has 0 amide bonds. The van der Waals surface area contributed by atoms with Gasteiger partial charge >= 0.3 is 5.97 Å². The normalized spacial score (nSPS) is 9.75. The molecule has 1 N–H and O–H groups in total. The molecule has 0 radical (unpaired) electrons. The second-order valence-corrected chi connectivity index (χ2v) is 2.93. The summed E-state index contributed by atoms with van der Waals surface area (Å²) in [5.41, 5.74) is 1.36. The summed E-state index contributed by atoms with van der Waals surface area (Å²) in [6.45, 7) is 0. The number of carboxylic acid groups (broad SMARTS) is 1. The molecule has 0 heterocycles. The van der Waals surface area contributed by atoms with Gasteiger partial charge in [0.2, 0.25) is 0 Å². The standard InChI is InChI=1S/C9H10O2S/c10-9(11)8-3-1-2-7(6-8)4-5-12/h1-3,6,12H,4-5H2,(H,10,11). The number of hydrogen-bond donors (Lipinski definition) is 2. The molecule has 0 bridgehead atoms. The first kappa shape index (κ1) is 9.13. The smallest absolute Gasteiger partial charge is 0.335 e. The quantitative estimate of drug-likeness (QED) is 0.700. The van der Waals surface area contributed by atoms with E-state index in [9.17, 15) is 4.79 Å². The van der Waals surface area contributed by atoms with E-state index in [1.807, 2.05) is 6.07 Å². The highest BCUT2D eigenvalue weighted by Gasteiger charge is 2.01. The number of benzene rings is 1. The van der Waals surface area contributed by atoms with Crippen LogP contribution >= 0.6 is 12.6 Å². The molecule has 0 aliphatic rings. The molecule has 0 fully saturated rings.